The molecule has 0 bridgehead atoms. The van der Waals surface area contributed by atoms with Crippen LogP contribution in [-0.2, 0) is 12.8 Å². The summed E-state index contributed by atoms with van der Waals surface area (Å²) in [6, 6.07) is 6.36. The molecule has 0 aliphatic carbocycles. The van der Waals surface area contributed by atoms with E-state index in [0.29, 0.717) is 6.04 Å². The molecule has 18 heavy (non-hydrogen) atoms. The zero-order valence-electron chi connectivity index (χ0n) is 11.0. The van der Waals surface area contributed by atoms with E-state index in [9.17, 15) is 0 Å². The molecule has 0 amide bonds. The third kappa shape index (κ3) is 2.99. The van der Waals surface area contributed by atoms with Crippen molar-refractivity contribution in [2.24, 2.45) is 0 Å². The first-order valence-corrected chi connectivity index (χ1v) is 6.53. The van der Waals surface area contributed by atoms with Crippen LogP contribution in [0.5, 0.6) is 0 Å². The van der Waals surface area contributed by atoms with Gasteiger partial charge in [0.1, 0.15) is 5.76 Å². The van der Waals surface area contributed by atoms with E-state index in [-0.39, 0.29) is 0 Å². The zero-order valence-corrected chi connectivity index (χ0v) is 11.0. The Morgan fingerprint density at radius 1 is 1.33 bits per heavy atom. The number of nitrogens with one attached hydrogen (secondary N) is 1. The Kier molecular flexibility index (Phi) is 4.53. The Morgan fingerprint density at radius 2 is 2.22 bits per heavy atom. The zero-order chi connectivity index (χ0) is 12.8. The number of rotatable bonds is 6. The minimum atomic E-state index is 0.291. The summed E-state index contributed by atoms with van der Waals surface area (Å²) in [5.41, 5.74) is 2.63. The molecule has 2 rings (SSSR count). The molecule has 0 radical (unpaired) electrons. The molecule has 0 spiro atoms. The first kappa shape index (κ1) is 12.8. The van der Waals surface area contributed by atoms with E-state index in [1.165, 1.54) is 11.1 Å². The Morgan fingerprint density at radius 3 is 2.89 bits per heavy atom. The second-order valence-electron chi connectivity index (χ2n) is 4.32. The van der Waals surface area contributed by atoms with Crippen LogP contribution in [0.1, 0.15) is 36.8 Å². The average Bonchev–Trinajstić information content (AvgIpc) is 2.91. The van der Waals surface area contributed by atoms with Gasteiger partial charge in [-0.05, 0) is 42.3 Å². The maximum Gasteiger partial charge on any atom is 0.105 e. The van der Waals surface area contributed by atoms with Gasteiger partial charge in [-0.15, -0.1) is 0 Å². The van der Waals surface area contributed by atoms with Crippen molar-refractivity contribution in [3.05, 3.63) is 53.7 Å². The predicted octanol–water partition coefficient (Wildman–Crippen LogP) is 3.13. The molecule has 1 atom stereocenters. The molecule has 0 aliphatic heterocycles. The van der Waals surface area contributed by atoms with Crippen LogP contribution in [0.4, 0.5) is 0 Å². The number of pyridine rings is 1. The molecule has 0 saturated carbocycles. The number of aromatic nitrogens is 1. The van der Waals surface area contributed by atoms with Gasteiger partial charge < -0.3 is 9.73 Å². The molecule has 0 aliphatic rings. The predicted molar refractivity (Wildman–Crippen MR) is 72.4 cm³/mol. The van der Waals surface area contributed by atoms with Gasteiger partial charge in [0, 0.05) is 24.9 Å². The molecule has 0 fully saturated rings. The van der Waals surface area contributed by atoms with Crippen LogP contribution in [-0.4, -0.2) is 11.5 Å². The van der Waals surface area contributed by atoms with Crippen molar-refractivity contribution in [2.45, 2.75) is 32.7 Å². The Hall–Kier alpha value is -1.61. The van der Waals surface area contributed by atoms with Gasteiger partial charge in [-0.1, -0.05) is 13.8 Å². The first-order valence-electron chi connectivity index (χ1n) is 6.53. The van der Waals surface area contributed by atoms with Crippen molar-refractivity contribution in [3.8, 4) is 0 Å². The van der Waals surface area contributed by atoms with Crippen molar-refractivity contribution >= 4 is 0 Å². The van der Waals surface area contributed by atoms with Crippen molar-refractivity contribution in [1.82, 2.24) is 10.3 Å². The lowest BCUT2D eigenvalue weighted by molar-refractivity contribution is 0.453. The second kappa shape index (κ2) is 6.36. The maximum atomic E-state index is 5.45. The van der Waals surface area contributed by atoms with Crippen molar-refractivity contribution in [1.29, 1.82) is 0 Å². The maximum absolute atomic E-state index is 5.45. The highest BCUT2D eigenvalue weighted by Crippen LogP contribution is 2.22. The first-order chi connectivity index (χ1) is 8.85. The normalized spacial score (nSPS) is 12.6. The fraction of sp³-hybridized carbons (Fsp3) is 0.400. The summed E-state index contributed by atoms with van der Waals surface area (Å²) < 4.78 is 5.45. The molecule has 0 aromatic carbocycles. The molecule has 2 aromatic rings. The van der Waals surface area contributed by atoms with Crippen molar-refractivity contribution in [2.75, 3.05) is 6.54 Å². The molecule has 0 saturated heterocycles. The van der Waals surface area contributed by atoms with Crippen LogP contribution in [0.3, 0.4) is 0 Å². The molecule has 2 aromatic heterocycles. The summed E-state index contributed by atoms with van der Waals surface area (Å²) in [4.78, 5) is 4.20. The largest absolute Gasteiger partial charge is 0.469 e. The van der Waals surface area contributed by atoms with E-state index in [1.807, 2.05) is 24.5 Å². The van der Waals surface area contributed by atoms with Gasteiger partial charge >= 0.3 is 0 Å². The third-order valence-corrected chi connectivity index (χ3v) is 3.13. The smallest absolute Gasteiger partial charge is 0.105 e. The standard InChI is InChI=1S/C15H20N2O/c1-3-12-11-16-8-7-14(12)15(17-4-2)10-13-6-5-9-18-13/h5-9,11,15,17H,3-4,10H2,1-2H3. The van der Waals surface area contributed by atoms with Crippen LogP contribution in [0.25, 0.3) is 0 Å². The topological polar surface area (TPSA) is 38.1 Å². The molecule has 1 N–H and O–H groups in total. The van der Waals surface area contributed by atoms with Gasteiger partial charge in [-0.25, -0.2) is 0 Å². The van der Waals surface area contributed by atoms with Gasteiger partial charge in [0.25, 0.3) is 0 Å². The lowest BCUT2D eigenvalue weighted by Gasteiger charge is -2.19. The number of likely N-dealkylation sites (N-methyl/N-ethyl adjacent to an activating group) is 1. The Labute approximate surface area is 108 Å². The van der Waals surface area contributed by atoms with E-state index in [2.05, 4.69) is 30.2 Å². The third-order valence-electron chi connectivity index (χ3n) is 3.13. The number of nitrogens with zero attached hydrogens (tertiary/aromatic N) is 1. The van der Waals surface area contributed by atoms with E-state index in [0.717, 1.165) is 25.1 Å². The summed E-state index contributed by atoms with van der Waals surface area (Å²) in [6.45, 7) is 5.23. The van der Waals surface area contributed by atoms with Crippen LogP contribution in [0.15, 0.2) is 41.3 Å². The number of furan rings is 1. The molecule has 3 heteroatoms. The Balaban J connectivity index is 2.23. The molecule has 1 unspecified atom stereocenters. The van der Waals surface area contributed by atoms with Gasteiger partial charge in [-0.3, -0.25) is 4.98 Å². The molecule has 2 heterocycles. The summed E-state index contributed by atoms with van der Waals surface area (Å²) in [5.74, 6) is 1.01. The van der Waals surface area contributed by atoms with Crippen LogP contribution in [0, 0.1) is 0 Å². The highest BCUT2D eigenvalue weighted by Gasteiger charge is 2.15. The van der Waals surface area contributed by atoms with E-state index < -0.39 is 0 Å². The van der Waals surface area contributed by atoms with E-state index in [4.69, 9.17) is 4.42 Å². The fourth-order valence-corrected chi connectivity index (χ4v) is 2.24. The fourth-order valence-electron chi connectivity index (χ4n) is 2.24. The lowest BCUT2D eigenvalue weighted by Crippen LogP contribution is -2.24. The highest BCUT2D eigenvalue weighted by molar-refractivity contribution is 5.28. The van der Waals surface area contributed by atoms with Crippen molar-refractivity contribution < 1.29 is 4.42 Å². The monoisotopic (exact) mass is 244 g/mol. The summed E-state index contributed by atoms with van der Waals surface area (Å²) in [7, 11) is 0. The summed E-state index contributed by atoms with van der Waals surface area (Å²) >= 11 is 0. The lowest BCUT2D eigenvalue weighted by atomic mass is 9.97. The summed E-state index contributed by atoms with van der Waals surface area (Å²) in [5, 5.41) is 3.52. The second-order valence-corrected chi connectivity index (χ2v) is 4.32. The van der Waals surface area contributed by atoms with Gasteiger partial charge in [0.05, 0.1) is 6.26 Å². The van der Waals surface area contributed by atoms with Crippen LogP contribution in [0.2, 0.25) is 0 Å². The van der Waals surface area contributed by atoms with Gasteiger partial charge in [0.2, 0.25) is 0 Å². The Bertz CT molecular complexity index is 465. The number of hydrogen-bond acceptors (Lipinski definition) is 3. The van der Waals surface area contributed by atoms with Gasteiger partial charge in [-0.2, -0.15) is 0 Å². The van der Waals surface area contributed by atoms with E-state index in [1.54, 1.807) is 6.26 Å². The van der Waals surface area contributed by atoms with E-state index >= 15 is 0 Å². The SMILES string of the molecule is CCNC(Cc1ccco1)c1ccncc1CC. The average molecular weight is 244 g/mol. The van der Waals surface area contributed by atoms with Gasteiger partial charge in [0.15, 0.2) is 0 Å². The van der Waals surface area contributed by atoms with Crippen LogP contribution >= 0.6 is 0 Å². The number of hydrogen-bond donors (Lipinski definition) is 1. The molecular weight excluding hydrogens is 224 g/mol. The minimum absolute atomic E-state index is 0.291. The van der Waals surface area contributed by atoms with Crippen LogP contribution < -0.4 is 5.32 Å². The summed E-state index contributed by atoms with van der Waals surface area (Å²) in [6.07, 6.45) is 7.43. The molecule has 96 valence electrons. The highest BCUT2D eigenvalue weighted by atomic mass is 16.3. The molecule has 3 nitrogen and oxygen atoms in total. The molecular formula is C15H20N2O. The van der Waals surface area contributed by atoms with Crippen molar-refractivity contribution in [3.63, 3.8) is 0 Å². The quantitative estimate of drug-likeness (QED) is 0.848. The number of aryl methyl sites for hydroxylation is 1. The minimum Gasteiger partial charge on any atom is -0.469 e.